The van der Waals surface area contributed by atoms with Gasteiger partial charge in [0.2, 0.25) is 10.0 Å². The van der Waals surface area contributed by atoms with Gasteiger partial charge in [0.1, 0.15) is 6.10 Å². The van der Waals surface area contributed by atoms with Crippen LogP contribution in [0.4, 0.5) is 4.79 Å². The van der Waals surface area contributed by atoms with Gasteiger partial charge in [0.25, 0.3) is 0 Å². The molecule has 3 aromatic rings. The van der Waals surface area contributed by atoms with Crippen LogP contribution in [-0.2, 0) is 30.7 Å². The number of sulfonamides is 1. The van der Waals surface area contributed by atoms with Crippen molar-refractivity contribution in [1.29, 1.82) is 0 Å². The first-order chi connectivity index (χ1) is 21.5. The molecule has 2 fully saturated rings. The van der Waals surface area contributed by atoms with Gasteiger partial charge in [-0.1, -0.05) is 44.2 Å². The number of carbonyl (C=O) groups is 1. The van der Waals surface area contributed by atoms with E-state index in [0.717, 1.165) is 12.0 Å². The quantitative estimate of drug-likeness (QED) is 0.219. The molecule has 0 radical (unpaired) electrons. The third-order valence-corrected chi connectivity index (χ3v) is 10.2. The molecule has 5 rings (SSSR count). The molecule has 2 saturated heterocycles. The molecule has 0 spiro atoms. The molecule has 2 unspecified atom stereocenters. The van der Waals surface area contributed by atoms with Gasteiger partial charge in [0.05, 0.1) is 41.7 Å². The molecule has 0 saturated carbocycles. The number of rotatable bonds is 12. The Labute approximate surface area is 263 Å². The number of nitrogens with zero attached hydrogens (tertiary/aromatic N) is 2. The number of aromatic hydroxyl groups is 1. The van der Waals surface area contributed by atoms with Crippen LogP contribution < -0.4 is 5.32 Å². The zero-order chi connectivity index (χ0) is 32.3. The highest BCUT2D eigenvalue weighted by atomic mass is 32.2. The normalized spacial score (nSPS) is 21.8. The Morgan fingerprint density at radius 1 is 1.18 bits per heavy atom. The average molecular weight is 643 g/mol. The fraction of sp³-hybridized carbons (Fsp3) is 0.500. The van der Waals surface area contributed by atoms with E-state index in [1.54, 1.807) is 20.0 Å². The van der Waals surface area contributed by atoms with Crippen molar-refractivity contribution in [3.8, 4) is 5.88 Å². The van der Waals surface area contributed by atoms with Crippen LogP contribution in [0.3, 0.4) is 0 Å². The number of hydrogen-bond acceptors (Lipinski definition) is 9. The fourth-order valence-corrected chi connectivity index (χ4v) is 7.63. The lowest BCUT2D eigenvalue weighted by molar-refractivity contribution is -0.0907. The van der Waals surface area contributed by atoms with Gasteiger partial charge < -0.3 is 34.7 Å². The van der Waals surface area contributed by atoms with Crippen molar-refractivity contribution in [3.63, 3.8) is 0 Å². The molecule has 5 atom stereocenters. The van der Waals surface area contributed by atoms with E-state index in [2.05, 4.69) is 15.3 Å². The molecule has 1 amide bonds. The Balaban J connectivity index is 1.39. The van der Waals surface area contributed by atoms with Crippen LogP contribution in [0.5, 0.6) is 5.88 Å². The number of ether oxygens (including phenoxy) is 3. The molecule has 2 aromatic carbocycles. The number of aromatic amines is 1. The summed E-state index contributed by atoms with van der Waals surface area (Å²) in [6.45, 7) is 6.13. The molecular formula is C32H42N4O8S. The molecule has 3 heterocycles. The Morgan fingerprint density at radius 2 is 1.93 bits per heavy atom. The molecule has 1 aromatic heterocycles. The highest BCUT2D eigenvalue weighted by molar-refractivity contribution is 7.89. The van der Waals surface area contributed by atoms with Gasteiger partial charge in [-0.15, -0.1) is 0 Å². The van der Waals surface area contributed by atoms with Crippen LogP contribution >= 0.6 is 0 Å². The van der Waals surface area contributed by atoms with Crippen LogP contribution in [-0.4, -0.2) is 97.6 Å². The summed E-state index contributed by atoms with van der Waals surface area (Å²) < 4.78 is 46.3. The van der Waals surface area contributed by atoms with Crippen molar-refractivity contribution in [2.75, 3.05) is 33.4 Å². The van der Waals surface area contributed by atoms with Crippen LogP contribution in [0.2, 0.25) is 0 Å². The second-order valence-electron chi connectivity index (χ2n) is 12.1. The van der Waals surface area contributed by atoms with Crippen LogP contribution in [0.1, 0.15) is 38.3 Å². The zero-order valence-corrected chi connectivity index (χ0v) is 26.8. The van der Waals surface area contributed by atoms with E-state index in [0.29, 0.717) is 28.8 Å². The molecule has 244 valence electrons. The van der Waals surface area contributed by atoms with Gasteiger partial charge in [-0.3, -0.25) is 4.99 Å². The Hall–Kier alpha value is -3.49. The fourth-order valence-electron chi connectivity index (χ4n) is 5.98. The predicted octanol–water partition coefficient (Wildman–Crippen LogP) is 3.42. The summed E-state index contributed by atoms with van der Waals surface area (Å²) in [6.07, 6.45) is -1.88. The van der Waals surface area contributed by atoms with Crippen LogP contribution in [0.15, 0.2) is 58.4 Å². The number of H-pyrrole nitrogens is 1. The lowest BCUT2D eigenvalue weighted by Crippen LogP contribution is -2.51. The van der Waals surface area contributed by atoms with E-state index < -0.39 is 34.4 Å². The van der Waals surface area contributed by atoms with E-state index in [1.807, 2.05) is 44.2 Å². The molecule has 13 heteroatoms. The van der Waals surface area contributed by atoms with Crippen molar-refractivity contribution in [1.82, 2.24) is 14.6 Å². The van der Waals surface area contributed by atoms with Crippen molar-refractivity contribution >= 4 is 32.7 Å². The topological polar surface area (TPSA) is 163 Å². The molecule has 45 heavy (non-hydrogen) atoms. The smallest absolute Gasteiger partial charge is 0.407 e. The molecule has 0 bridgehead atoms. The molecular weight excluding hydrogens is 600 g/mol. The lowest BCUT2D eigenvalue weighted by Gasteiger charge is -2.31. The SMILES string of the molecule is CN=C(C)c1c(O)[nH]c2ccc(S(=O)(=O)N(CC(C)C)C[C@@H](O)[C@H](Cc3ccccc3)NC(=O)O[C@H]3COC4OCCC43)cc12. The number of aliphatic hydroxyl groups excluding tert-OH is 1. The number of carbonyl (C=O) groups excluding carboxylic acids is 1. The largest absolute Gasteiger partial charge is 0.494 e. The first-order valence-electron chi connectivity index (χ1n) is 15.2. The minimum Gasteiger partial charge on any atom is -0.494 e. The average Bonchev–Trinajstić information content (AvgIpc) is 3.71. The first kappa shape index (κ1) is 32.9. The number of alkyl carbamates (subject to hydrolysis) is 1. The maximum absolute atomic E-state index is 14.1. The number of fused-ring (bicyclic) bond motifs is 2. The number of aliphatic hydroxyl groups is 1. The first-order valence-corrected chi connectivity index (χ1v) is 16.6. The van der Waals surface area contributed by atoms with Crippen molar-refractivity contribution in [2.24, 2.45) is 16.8 Å². The summed E-state index contributed by atoms with van der Waals surface area (Å²) in [4.78, 5) is 20.1. The summed E-state index contributed by atoms with van der Waals surface area (Å²) in [5.74, 6) is -0.211. The minimum absolute atomic E-state index is 0.00792. The van der Waals surface area contributed by atoms with E-state index in [-0.39, 0.29) is 55.0 Å². The van der Waals surface area contributed by atoms with E-state index in [4.69, 9.17) is 14.2 Å². The highest BCUT2D eigenvalue weighted by Crippen LogP contribution is 2.33. The number of nitrogens with one attached hydrogen (secondary N) is 2. The Bertz CT molecular complexity index is 1620. The van der Waals surface area contributed by atoms with Gasteiger partial charge in [0, 0.05) is 36.8 Å². The summed E-state index contributed by atoms with van der Waals surface area (Å²) in [6, 6.07) is 13.1. The minimum atomic E-state index is -4.12. The van der Waals surface area contributed by atoms with E-state index in [9.17, 15) is 23.4 Å². The number of benzene rings is 2. The van der Waals surface area contributed by atoms with Gasteiger partial charge >= 0.3 is 6.09 Å². The third kappa shape index (κ3) is 7.33. The van der Waals surface area contributed by atoms with Crippen LogP contribution in [0, 0.1) is 11.8 Å². The van der Waals surface area contributed by atoms with Crippen molar-refractivity contribution < 1.29 is 37.6 Å². The molecule has 2 aliphatic rings. The lowest BCUT2D eigenvalue weighted by atomic mass is 10.0. The Morgan fingerprint density at radius 3 is 2.64 bits per heavy atom. The predicted molar refractivity (Wildman–Crippen MR) is 169 cm³/mol. The van der Waals surface area contributed by atoms with Crippen molar-refractivity contribution in [3.05, 3.63) is 59.7 Å². The third-order valence-electron chi connectivity index (χ3n) is 8.35. The number of hydrogen-bond donors (Lipinski definition) is 4. The monoisotopic (exact) mass is 642 g/mol. The van der Waals surface area contributed by atoms with Crippen LogP contribution in [0.25, 0.3) is 10.9 Å². The number of amides is 1. The standard InChI is InChI=1S/C32H42N4O8S/c1-19(2)16-36(45(40,41)22-10-11-25-24(15-22)29(20(3)33-4)30(38)34-25)17-27(37)26(14-21-8-6-5-7-9-21)35-32(39)44-28-18-43-31-23(28)12-13-42-31/h5-11,15,19,23,26-28,31,34,37-38H,12-14,16-18H2,1-4H3,(H,35,39)/t23?,26-,27+,28-,31?/m0/s1. The van der Waals surface area contributed by atoms with Gasteiger partial charge in [0.15, 0.2) is 12.2 Å². The summed E-state index contributed by atoms with van der Waals surface area (Å²) in [5, 5.41) is 25.4. The zero-order valence-electron chi connectivity index (χ0n) is 26.0. The van der Waals surface area contributed by atoms with Crippen molar-refractivity contribution in [2.45, 2.75) is 63.0 Å². The maximum atomic E-state index is 14.1. The summed E-state index contributed by atoms with van der Waals surface area (Å²) in [5.41, 5.74) is 2.39. The van der Waals surface area contributed by atoms with Gasteiger partial charge in [-0.25, -0.2) is 13.2 Å². The molecule has 0 aliphatic carbocycles. The maximum Gasteiger partial charge on any atom is 0.407 e. The second-order valence-corrected chi connectivity index (χ2v) is 14.0. The number of aromatic nitrogens is 1. The molecule has 4 N–H and O–H groups in total. The molecule has 2 aliphatic heterocycles. The highest BCUT2D eigenvalue weighted by Gasteiger charge is 2.44. The summed E-state index contributed by atoms with van der Waals surface area (Å²) >= 11 is 0. The second kappa shape index (κ2) is 13.9. The van der Waals surface area contributed by atoms with E-state index in [1.165, 1.54) is 16.4 Å². The van der Waals surface area contributed by atoms with Gasteiger partial charge in [-0.2, -0.15) is 4.31 Å². The summed E-state index contributed by atoms with van der Waals surface area (Å²) in [7, 11) is -2.53. The Kier molecular flexibility index (Phi) is 10.1. The number of aliphatic imine (C=N–C) groups is 1. The molecule has 12 nitrogen and oxygen atoms in total. The van der Waals surface area contributed by atoms with E-state index >= 15 is 0 Å². The van der Waals surface area contributed by atoms with Gasteiger partial charge in [-0.05, 0) is 49.4 Å².